The number of rotatable bonds is 0. The van der Waals surface area contributed by atoms with Crippen LogP contribution in [-0.4, -0.2) is 47.5 Å². The van der Waals surface area contributed by atoms with E-state index in [9.17, 15) is 19.2 Å². The van der Waals surface area contributed by atoms with Crippen molar-refractivity contribution in [1.82, 2.24) is 9.80 Å². The summed E-state index contributed by atoms with van der Waals surface area (Å²) in [6.07, 6.45) is 0. The van der Waals surface area contributed by atoms with Crippen LogP contribution in [0.1, 0.15) is 41.4 Å². The Hall–Kier alpha value is -4.46. The van der Waals surface area contributed by atoms with Crippen molar-refractivity contribution in [2.24, 2.45) is 0 Å². The van der Waals surface area contributed by atoms with Gasteiger partial charge in [-0.3, -0.25) is 29.0 Å². The van der Waals surface area contributed by atoms with Gasteiger partial charge in [0.15, 0.2) is 0 Å². The lowest BCUT2D eigenvalue weighted by Crippen LogP contribution is -2.37. The van der Waals surface area contributed by atoms with E-state index in [-0.39, 0.29) is 54.6 Å². The number of hydrogen-bond acceptors (Lipinski definition) is 4. The Morgan fingerprint density at radius 3 is 1.24 bits per heavy atom. The largest absolute Gasteiger partial charge is 0.277 e. The summed E-state index contributed by atoms with van der Waals surface area (Å²) in [4.78, 5) is 53.1. The summed E-state index contributed by atoms with van der Waals surface area (Å²) in [5.41, 5.74) is 0.491. The number of amides is 4. The monoisotopic (exact) mass is 454 g/mol. The molecule has 2 heterocycles. The number of benzene rings is 5. The molecule has 5 aromatic carbocycles. The average molecular weight is 454 g/mol. The zero-order valence-corrected chi connectivity index (χ0v) is 17.7. The molecule has 164 valence electrons. The van der Waals surface area contributed by atoms with Gasteiger partial charge in [0.25, 0.3) is 23.6 Å². The lowest BCUT2D eigenvalue weighted by atomic mass is 9.82. The van der Waals surface area contributed by atoms with Crippen LogP contribution in [0.25, 0.3) is 43.1 Å². The molecular formula is C26H12F2N2O4. The number of imide groups is 2. The number of nitrogens with zero attached hydrogens (tertiary/aromatic N) is 2. The number of hydrogen-bond donors (Lipinski definition) is 0. The first kappa shape index (κ1) is 19.0. The van der Waals surface area contributed by atoms with Gasteiger partial charge in [-0.05, 0) is 35.0 Å². The zero-order valence-electron chi connectivity index (χ0n) is 17.7. The van der Waals surface area contributed by atoms with E-state index in [4.69, 9.17) is 0 Å². The molecule has 8 heteroatoms. The summed E-state index contributed by atoms with van der Waals surface area (Å²) < 4.78 is 31.4. The molecule has 6 nitrogen and oxygen atoms in total. The van der Waals surface area contributed by atoms with Crippen molar-refractivity contribution in [2.45, 2.75) is 0 Å². The van der Waals surface area contributed by atoms with Gasteiger partial charge in [-0.2, -0.15) is 0 Å². The Balaban J connectivity index is 1.83. The second-order valence-electron chi connectivity index (χ2n) is 8.72. The topological polar surface area (TPSA) is 74.8 Å². The van der Waals surface area contributed by atoms with Crippen molar-refractivity contribution in [3.63, 3.8) is 0 Å². The third kappa shape index (κ3) is 1.88. The van der Waals surface area contributed by atoms with Crippen LogP contribution in [0.3, 0.4) is 0 Å². The van der Waals surface area contributed by atoms with Crippen LogP contribution in [-0.2, 0) is 0 Å². The van der Waals surface area contributed by atoms with Crippen LogP contribution < -0.4 is 0 Å². The summed E-state index contributed by atoms with van der Waals surface area (Å²) in [5, 5.41) is 1.88. The summed E-state index contributed by atoms with van der Waals surface area (Å²) >= 11 is 0. The van der Waals surface area contributed by atoms with Gasteiger partial charge >= 0.3 is 0 Å². The van der Waals surface area contributed by atoms with Gasteiger partial charge in [-0.25, -0.2) is 8.78 Å². The van der Waals surface area contributed by atoms with Crippen molar-refractivity contribution in [1.29, 1.82) is 0 Å². The maximum atomic E-state index is 15.7. The van der Waals surface area contributed by atoms with Crippen molar-refractivity contribution in [3.05, 3.63) is 70.3 Å². The smallest absolute Gasteiger partial charge is 0.261 e. The average Bonchev–Trinajstić information content (AvgIpc) is 2.83. The first-order chi connectivity index (χ1) is 16.2. The maximum Gasteiger partial charge on any atom is 0.261 e. The van der Waals surface area contributed by atoms with Crippen LogP contribution in [0.15, 0.2) is 36.4 Å². The molecule has 0 atom stereocenters. The van der Waals surface area contributed by atoms with E-state index < -0.39 is 35.3 Å². The van der Waals surface area contributed by atoms with Crippen LogP contribution in [0.4, 0.5) is 8.78 Å². The van der Waals surface area contributed by atoms with Gasteiger partial charge in [0.1, 0.15) is 11.6 Å². The molecule has 34 heavy (non-hydrogen) atoms. The van der Waals surface area contributed by atoms with E-state index in [2.05, 4.69) is 0 Å². The minimum Gasteiger partial charge on any atom is -0.277 e. The molecule has 0 bridgehead atoms. The van der Waals surface area contributed by atoms with E-state index in [0.717, 1.165) is 21.9 Å². The normalized spacial score (nSPS) is 15.8. The van der Waals surface area contributed by atoms with E-state index in [1.807, 2.05) is 0 Å². The van der Waals surface area contributed by atoms with Crippen LogP contribution in [0, 0.1) is 11.6 Å². The summed E-state index contributed by atoms with van der Waals surface area (Å²) in [7, 11) is 2.65. The molecule has 2 aliphatic rings. The highest BCUT2D eigenvalue weighted by atomic mass is 19.1. The number of carbonyl (C=O) groups is 4. The lowest BCUT2D eigenvalue weighted by molar-refractivity contribution is 0.0635. The fourth-order valence-electron chi connectivity index (χ4n) is 5.61. The Bertz CT molecular complexity index is 1750. The summed E-state index contributed by atoms with van der Waals surface area (Å²) in [6.45, 7) is 0. The second-order valence-corrected chi connectivity index (χ2v) is 8.72. The van der Waals surface area contributed by atoms with Gasteiger partial charge in [0.2, 0.25) is 0 Å². The van der Waals surface area contributed by atoms with Crippen LogP contribution in [0.2, 0.25) is 0 Å². The van der Waals surface area contributed by atoms with Crippen molar-refractivity contribution in [2.75, 3.05) is 14.1 Å². The Kier molecular flexibility index (Phi) is 3.20. The minimum atomic E-state index is -0.714. The quantitative estimate of drug-likeness (QED) is 0.197. The first-order valence-corrected chi connectivity index (χ1v) is 10.5. The molecule has 0 spiro atoms. The minimum absolute atomic E-state index is 0.0247. The van der Waals surface area contributed by atoms with Gasteiger partial charge < -0.3 is 0 Å². The number of carbonyl (C=O) groups excluding carboxylic acids is 4. The highest BCUT2D eigenvalue weighted by molar-refractivity contribution is 6.41. The van der Waals surface area contributed by atoms with Crippen LogP contribution >= 0.6 is 0 Å². The molecule has 0 unspecified atom stereocenters. The molecule has 7 rings (SSSR count). The third-order valence-electron chi connectivity index (χ3n) is 7.15. The fraction of sp³-hybridized carbons (Fsp3) is 0.0769. The van der Waals surface area contributed by atoms with Gasteiger partial charge in [-0.15, -0.1) is 0 Å². The Morgan fingerprint density at radius 2 is 0.853 bits per heavy atom. The maximum absolute atomic E-state index is 15.7. The molecular weight excluding hydrogens is 442 g/mol. The van der Waals surface area contributed by atoms with Crippen molar-refractivity contribution in [3.8, 4) is 0 Å². The molecule has 0 fully saturated rings. The lowest BCUT2D eigenvalue weighted by Gasteiger charge is -2.28. The summed E-state index contributed by atoms with van der Waals surface area (Å²) in [6, 6.07) is 8.24. The van der Waals surface area contributed by atoms with Crippen LogP contribution in [0.5, 0.6) is 0 Å². The van der Waals surface area contributed by atoms with Gasteiger partial charge in [0, 0.05) is 57.5 Å². The molecule has 2 aliphatic heterocycles. The predicted molar refractivity (Wildman–Crippen MR) is 120 cm³/mol. The molecule has 0 radical (unpaired) electrons. The third-order valence-corrected chi connectivity index (χ3v) is 7.15. The molecule has 4 amide bonds. The fourth-order valence-corrected chi connectivity index (χ4v) is 5.61. The summed E-state index contributed by atoms with van der Waals surface area (Å²) in [5.74, 6) is -3.77. The molecule has 0 saturated carbocycles. The van der Waals surface area contributed by atoms with Crippen molar-refractivity contribution < 1.29 is 28.0 Å². The highest BCUT2D eigenvalue weighted by Crippen LogP contribution is 2.47. The zero-order chi connectivity index (χ0) is 23.8. The van der Waals surface area contributed by atoms with E-state index in [1.54, 1.807) is 0 Å². The number of halogens is 2. The van der Waals surface area contributed by atoms with E-state index in [1.165, 1.54) is 38.4 Å². The van der Waals surface area contributed by atoms with Gasteiger partial charge in [-0.1, -0.05) is 12.1 Å². The molecule has 0 aromatic heterocycles. The SMILES string of the molecule is CN1C(=O)c2ccc3c4c(F)cc5c6c(ccc(c7c(F)cc(c2c37)C1=O)c64)C(=O)N(C)C5=O. The van der Waals surface area contributed by atoms with E-state index in [0.29, 0.717) is 10.8 Å². The Morgan fingerprint density at radius 1 is 0.500 bits per heavy atom. The molecule has 5 aromatic rings. The molecule has 0 saturated heterocycles. The second kappa shape index (κ2) is 5.72. The predicted octanol–water partition coefficient (Wildman–Crippen LogP) is 4.47. The Labute approximate surface area is 189 Å². The highest BCUT2D eigenvalue weighted by Gasteiger charge is 2.36. The van der Waals surface area contributed by atoms with Gasteiger partial charge in [0.05, 0.1) is 11.1 Å². The number of fused-ring (bicyclic) bond motifs is 2. The first-order valence-electron chi connectivity index (χ1n) is 10.5. The molecule has 0 N–H and O–H groups in total. The molecule has 0 aliphatic carbocycles. The standard InChI is InChI=1S/C26H12F2N2O4/c1-29-23(31)11-5-3-9-20-16(28)8-14-18-12(24(32)30(2)26(14)34)6-4-10(22(18)20)19-15(27)7-13(25(29)33)17(11)21(9)19/h3-8H,1-2H3. The van der Waals surface area contributed by atoms with E-state index >= 15 is 8.78 Å². The van der Waals surface area contributed by atoms with Crippen molar-refractivity contribution >= 4 is 66.7 Å².